The fraction of sp³-hybridized carbons (Fsp3) is 1.00. The number of hydrogen-bond acceptors (Lipinski definition) is 3. The van der Waals surface area contributed by atoms with Crippen molar-refractivity contribution in [1.29, 1.82) is 0 Å². The second-order valence-corrected chi connectivity index (χ2v) is 10.4. The second-order valence-electron chi connectivity index (χ2n) is 7.32. The molecule has 0 spiro atoms. The molecule has 22 heavy (non-hydrogen) atoms. The summed E-state index contributed by atoms with van der Waals surface area (Å²) in [5.41, 5.74) is 0. The summed E-state index contributed by atoms with van der Waals surface area (Å²) in [5, 5.41) is 0. The van der Waals surface area contributed by atoms with Crippen molar-refractivity contribution in [2.75, 3.05) is 0 Å². The van der Waals surface area contributed by atoms with E-state index in [4.69, 9.17) is 9.05 Å². The molecule has 0 heterocycles. The molecule has 0 aliphatic heterocycles. The van der Waals surface area contributed by atoms with Gasteiger partial charge in [0, 0.05) is 0 Å². The van der Waals surface area contributed by atoms with E-state index in [9.17, 15) is 0 Å². The molecule has 3 nitrogen and oxygen atoms in total. The van der Waals surface area contributed by atoms with Crippen LogP contribution in [0, 0.1) is 0 Å². The van der Waals surface area contributed by atoms with E-state index in [-0.39, 0.29) is 0 Å². The monoisotopic (exact) mass is 418 g/mol. The van der Waals surface area contributed by atoms with Crippen LogP contribution in [0.1, 0.15) is 96.3 Å². The first-order valence-electron chi connectivity index (χ1n) is 9.70. The van der Waals surface area contributed by atoms with Crippen LogP contribution < -0.4 is 0 Å². The summed E-state index contributed by atoms with van der Waals surface area (Å²) in [6.45, 7) is 0. The van der Waals surface area contributed by atoms with Crippen LogP contribution in [0.3, 0.4) is 0 Å². The molecule has 0 aromatic heterocycles. The van der Waals surface area contributed by atoms with E-state index in [1.165, 1.54) is 96.3 Å². The second kappa shape index (κ2) is 9.86. The molecule has 0 saturated heterocycles. The molecule has 128 valence electrons. The van der Waals surface area contributed by atoms with Gasteiger partial charge in [-0.05, 0) is 0 Å². The molecule has 0 amide bonds. The van der Waals surface area contributed by atoms with Gasteiger partial charge < -0.3 is 0 Å². The molecule has 0 aromatic carbocycles. The topological polar surface area (TPSA) is 27.7 Å². The first-order chi connectivity index (χ1) is 10.9. The van der Waals surface area contributed by atoms with Gasteiger partial charge in [0.25, 0.3) is 0 Å². The molecule has 3 saturated carbocycles. The molecule has 0 radical (unpaired) electrons. The summed E-state index contributed by atoms with van der Waals surface area (Å²) in [5.74, 6) is 0. The summed E-state index contributed by atoms with van der Waals surface area (Å²) in [7, 11) is 0. The van der Waals surface area contributed by atoms with Gasteiger partial charge >= 0.3 is 145 Å². The Morgan fingerprint density at radius 2 is 0.682 bits per heavy atom. The third-order valence-corrected chi connectivity index (χ3v) is 9.39. The standard InChI is InChI=1S/3C6H11O.Sb/c3*7-6-4-2-1-3-5-6;/h3*6H,1-5H2;/q3*-1;+3. The Morgan fingerprint density at radius 3 is 0.955 bits per heavy atom. The van der Waals surface area contributed by atoms with Gasteiger partial charge in [0.15, 0.2) is 0 Å². The van der Waals surface area contributed by atoms with Crippen molar-refractivity contribution in [2.45, 2.75) is 115 Å². The number of rotatable bonds is 6. The Hall–Kier alpha value is 0.698. The van der Waals surface area contributed by atoms with Gasteiger partial charge in [-0.2, -0.15) is 0 Å². The van der Waals surface area contributed by atoms with E-state index in [2.05, 4.69) is 0 Å². The van der Waals surface area contributed by atoms with Crippen molar-refractivity contribution in [2.24, 2.45) is 0 Å². The first kappa shape index (κ1) is 17.5. The van der Waals surface area contributed by atoms with Gasteiger partial charge in [-0.25, -0.2) is 0 Å². The molecular weight excluding hydrogens is 386 g/mol. The summed E-state index contributed by atoms with van der Waals surface area (Å²) < 4.78 is 19.3. The fourth-order valence-corrected chi connectivity index (χ4v) is 8.27. The maximum atomic E-state index is 6.44. The van der Waals surface area contributed by atoms with E-state index in [0.717, 1.165) is 0 Å². The van der Waals surface area contributed by atoms with Gasteiger partial charge in [-0.1, -0.05) is 0 Å². The van der Waals surface area contributed by atoms with Gasteiger partial charge in [0.2, 0.25) is 0 Å². The molecule has 3 aliphatic carbocycles. The zero-order valence-electron chi connectivity index (χ0n) is 14.0. The van der Waals surface area contributed by atoms with Gasteiger partial charge in [0.05, 0.1) is 0 Å². The molecule has 0 bridgehead atoms. The van der Waals surface area contributed by atoms with Crippen LogP contribution in [0.2, 0.25) is 0 Å². The van der Waals surface area contributed by atoms with Gasteiger partial charge in [-0.15, -0.1) is 0 Å². The average molecular weight is 419 g/mol. The fourth-order valence-electron chi connectivity index (χ4n) is 3.95. The van der Waals surface area contributed by atoms with Crippen molar-refractivity contribution in [1.82, 2.24) is 0 Å². The summed E-state index contributed by atoms with van der Waals surface area (Å²) in [6, 6.07) is 0. The Morgan fingerprint density at radius 1 is 0.409 bits per heavy atom. The van der Waals surface area contributed by atoms with E-state index < -0.39 is 21.5 Å². The van der Waals surface area contributed by atoms with Crippen LogP contribution in [-0.4, -0.2) is 39.8 Å². The zero-order chi connectivity index (χ0) is 15.0. The third kappa shape index (κ3) is 5.96. The van der Waals surface area contributed by atoms with Crippen LogP contribution in [0.15, 0.2) is 0 Å². The quantitative estimate of drug-likeness (QED) is 0.566. The van der Waals surface area contributed by atoms with Gasteiger partial charge in [0.1, 0.15) is 0 Å². The van der Waals surface area contributed by atoms with Crippen molar-refractivity contribution in [3.63, 3.8) is 0 Å². The zero-order valence-corrected chi connectivity index (χ0v) is 16.6. The molecule has 0 aromatic rings. The minimum atomic E-state index is -2.45. The van der Waals surface area contributed by atoms with Crippen LogP contribution in [0.4, 0.5) is 0 Å². The molecule has 3 aliphatic rings. The Kier molecular flexibility index (Phi) is 7.86. The first-order valence-corrected chi connectivity index (χ1v) is 12.8. The molecule has 0 unspecified atom stereocenters. The van der Waals surface area contributed by atoms with Gasteiger partial charge in [-0.3, -0.25) is 0 Å². The summed E-state index contributed by atoms with van der Waals surface area (Å²) in [6.07, 6.45) is 20.7. The van der Waals surface area contributed by atoms with E-state index in [1.807, 2.05) is 0 Å². The average Bonchev–Trinajstić information content (AvgIpc) is 2.57. The normalized spacial score (nSPS) is 26.6. The predicted molar refractivity (Wildman–Crippen MR) is 89.6 cm³/mol. The van der Waals surface area contributed by atoms with E-state index in [1.54, 1.807) is 0 Å². The molecule has 3 fully saturated rings. The van der Waals surface area contributed by atoms with E-state index >= 15 is 0 Å². The SMILES string of the molecule is C1CCC([O][Sb]([O]C2CCCCC2)[O]C2CCCCC2)CC1. The van der Waals surface area contributed by atoms with Crippen molar-refractivity contribution < 1.29 is 9.05 Å². The van der Waals surface area contributed by atoms with Crippen molar-refractivity contribution >= 4 is 21.5 Å². The summed E-state index contributed by atoms with van der Waals surface area (Å²) in [4.78, 5) is 0. The van der Waals surface area contributed by atoms with Crippen molar-refractivity contribution in [3.05, 3.63) is 0 Å². The van der Waals surface area contributed by atoms with Crippen LogP contribution in [-0.2, 0) is 9.05 Å². The Balaban J connectivity index is 1.50. The molecular formula is C18H33O3Sb. The Labute approximate surface area is 145 Å². The third-order valence-electron chi connectivity index (χ3n) is 5.36. The molecule has 0 atom stereocenters. The van der Waals surface area contributed by atoms with Crippen LogP contribution in [0.25, 0.3) is 0 Å². The minimum absolute atomic E-state index is 0.434. The van der Waals surface area contributed by atoms with Crippen molar-refractivity contribution in [3.8, 4) is 0 Å². The van der Waals surface area contributed by atoms with E-state index in [0.29, 0.717) is 18.3 Å². The predicted octanol–water partition coefficient (Wildman–Crippen LogP) is 5.02. The summed E-state index contributed by atoms with van der Waals surface area (Å²) >= 11 is -2.45. The molecule has 0 N–H and O–H groups in total. The van der Waals surface area contributed by atoms with Crippen LogP contribution in [0.5, 0.6) is 0 Å². The van der Waals surface area contributed by atoms with Crippen LogP contribution >= 0.6 is 0 Å². The number of hydrogen-bond donors (Lipinski definition) is 0. The maximum absolute atomic E-state index is 6.44. The Bertz CT molecular complexity index is 247. The molecule has 3 rings (SSSR count). The molecule has 4 heteroatoms.